The van der Waals surface area contributed by atoms with Gasteiger partial charge in [0.1, 0.15) is 17.3 Å². The quantitative estimate of drug-likeness (QED) is 0.758. The van der Waals surface area contributed by atoms with E-state index in [0.717, 1.165) is 0 Å². The first-order valence-corrected chi connectivity index (χ1v) is 5.79. The Balaban J connectivity index is 2.29. The molecular formula is C14H12ClFO. The minimum Gasteiger partial charge on any atom is -0.457 e. The molecule has 0 aliphatic heterocycles. The van der Waals surface area contributed by atoms with E-state index >= 15 is 0 Å². The summed E-state index contributed by atoms with van der Waals surface area (Å²) in [6.45, 7) is 1.90. The van der Waals surface area contributed by atoms with Crippen molar-refractivity contribution in [3.8, 4) is 11.5 Å². The molecule has 0 bridgehead atoms. The van der Waals surface area contributed by atoms with Crippen LogP contribution in [0.4, 0.5) is 4.39 Å². The Hall–Kier alpha value is -1.54. The fraction of sp³-hybridized carbons (Fsp3) is 0.143. The monoisotopic (exact) mass is 250 g/mol. The Morgan fingerprint density at radius 3 is 2.47 bits per heavy atom. The van der Waals surface area contributed by atoms with E-state index in [2.05, 4.69) is 0 Å². The molecular weight excluding hydrogens is 239 g/mol. The van der Waals surface area contributed by atoms with Crippen LogP contribution in [0.3, 0.4) is 0 Å². The van der Waals surface area contributed by atoms with Crippen LogP contribution in [0.25, 0.3) is 0 Å². The van der Waals surface area contributed by atoms with E-state index in [1.807, 2.05) is 6.92 Å². The van der Waals surface area contributed by atoms with Crippen LogP contribution >= 0.6 is 11.6 Å². The molecule has 0 aliphatic rings. The van der Waals surface area contributed by atoms with E-state index in [4.69, 9.17) is 16.3 Å². The van der Waals surface area contributed by atoms with E-state index in [-0.39, 0.29) is 5.82 Å². The first-order chi connectivity index (χ1) is 8.20. The standard InChI is InChI=1S/C14H12ClFO/c1-2-12-13(16)4-3-5-14(12)17-11-8-6-10(15)7-9-11/h3-9H,2H2,1H3. The van der Waals surface area contributed by atoms with Crippen molar-refractivity contribution < 1.29 is 9.13 Å². The van der Waals surface area contributed by atoms with Gasteiger partial charge in [-0.1, -0.05) is 24.6 Å². The number of hydrogen-bond acceptors (Lipinski definition) is 1. The summed E-state index contributed by atoms with van der Waals surface area (Å²) in [5.41, 5.74) is 0.586. The summed E-state index contributed by atoms with van der Waals surface area (Å²) in [4.78, 5) is 0. The number of rotatable bonds is 3. The molecule has 88 valence electrons. The zero-order valence-electron chi connectivity index (χ0n) is 9.41. The van der Waals surface area contributed by atoms with Crippen LogP contribution in [0.5, 0.6) is 11.5 Å². The van der Waals surface area contributed by atoms with Gasteiger partial charge in [0.2, 0.25) is 0 Å². The topological polar surface area (TPSA) is 9.23 Å². The molecule has 0 unspecified atom stereocenters. The van der Waals surface area contributed by atoms with Crippen molar-refractivity contribution in [3.05, 3.63) is 58.9 Å². The van der Waals surface area contributed by atoms with Gasteiger partial charge in [-0.2, -0.15) is 0 Å². The predicted molar refractivity (Wildman–Crippen MR) is 67.3 cm³/mol. The van der Waals surface area contributed by atoms with Crippen molar-refractivity contribution >= 4 is 11.6 Å². The third-order valence-corrected chi connectivity index (χ3v) is 2.72. The molecule has 0 amide bonds. The average molecular weight is 251 g/mol. The SMILES string of the molecule is CCc1c(F)cccc1Oc1ccc(Cl)cc1. The summed E-state index contributed by atoms with van der Waals surface area (Å²) < 4.78 is 19.2. The second kappa shape index (κ2) is 5.19. The zero-order valence-corrected chi connectivity index (χ0v) is 10.2. The highest BCUT2D eigenvalue weighted by atomic mass is 35.5. The van der Waals surface area contributed by atoms with Gasteiger partial charge in [0.05, 0.1) is 0 Å². The van der Waals surface area contributed by atoms with Gasteiger partial charge in [0.15, 0.2) is 0 Å². The number of ether oxygens (including phenoxy) is 1. The molecule has 17 heavy (non-hydrogen) atoms. The second-order valence-electron chi connectivity index (χ2n) is 3.63. The third-order valence-electron chi connectivity index (χ3n) is 2.47. The molecule has 0 aromatic heterocycles. The Bertz CT molecular complexity index is 508. The lowest BCUT2D eigenvalue weighted by atomic mass is 10.1. The van der Waals surface area contributed by atoms with E-state index in [1.165, 1.54) is 6.07 Å². The average Bonchev–Trinajstić information content (AvgIpc) is 2.32. The number of benzene rings is 2. The van der Waals surface area contributed by atoms with Gasteiger partial charge in [0, 0.05) is 10.6 Å². The van der Waals surface area contributed by atoms with Gasteiger partial charge in [-0.25, -0.2) is 4.39 Å². The summed E-state index contributed by atoms with van der Waals surface area (Å²) in [7, 11) is 0. The van der Waals surface area contributed by atoms with E-state index in [1.54, 1.807) is 36.4 Å². The molecule has 0 fully saturated rings. The molecule has 1 nitrogen and oxygen atoms in total. The first-order valence-electron chi connectivity index (χ1n) is 5.41. The Morgan fingerprint density at radius 1 is 1.12 bits per heavy atom. The van der Waals surface area contributed by atoms with Crippen molar-refractivity contribution in [2.24, 2.45) is 0 Å². The highest BCUT2D eigenvalue weighted by Gasteiger charge is 2.08. The fourth-order valence-corrected chi connectivity index (χ4v) is 1.73. The first kappa shape index (κ1) is 11.9. The van der Waals surface area contributed by atoms with Crippen LogP contribution in [-0.4, -0.2) is 0 Å². The van der Waals surface area contributed by atoms with Gasteiger partial charge >= 0.3 is 0 Å². The molecule has 2 aromatic carbocycles. The van der Waals surface area contributed by atoms with Crippen molar-refractivity contribution in [2.45, 2.75) is 13.3 Å². The summed E-state index contributed by atoms with van der Waals surface area (Å²) >= 11 is 5.78. The van der Waals surface area contributed by atoms with Gasteiger partial charge in [-0.05, 0) is 42.8 Å². The number of hydrogen-bond donors (Lipinski definition) is 0. The molecule has 0 saturated carbocycles. The van der Waals surface area contributed by atoms with Gasteiger partial charge < -0.3 is 4.74 Å². The molecule has 2 aromatic rings. The molecule has 0 spiro atoms. The molecule has 0 heterocycles. The van der Waals surface area contributed by atoms with E-state index in [0.29, 0.717) is 28.5 Å². The minimum absolute atomic E-state index is 0.237. The normalized spacial score (nSPS) is 10.3. The molecule has 2 rings (SSSR count). The summed E-state index contributed by atoms with van der Waals surface area (Å²) in [6, 6.07) is 11.8. The summed E-state index contributed by atoms with van der Waals surface area (Å²) in [6.07, 6.45) is 0.593. The van der Waals surface area contributed by atoms with Crippen molar-refractivity contribution in [2.75, 3.05) is 0 Å². The lowest BCUT2D eigenvalue weighted by Crippen LogP contribution is -1.93. The van der Waals surface area contributed by atoms with Crippen LogP contribution in [0.2, 0.25) is 5.02 Å². The van der Waals surface area contributed by atoms with Crippen LogP contribution in [0, 0.1) is 5.82 Å². The van der Waals surface area contributed by atoms with Gasteiger partial charge in [-0.3, -0.25) is 0 Å². The lowest BCUT2D eigenvalue weighted by Gasteiger charge is -2.10. The second-order valence-corrected chi connectivity index (χ2v) is 4.06. The van der Waals surface area contributed by atoms with Crippen molar-refractivity contribution in [3.63, 3.8) is 0 Å². The highest BCUT2D eigenvalue weighted by molar-refractivity contribution is 6.30. The Kier molecular flexibility index (Phi) is 3.64. The van der Waals surface area contributed by atoms with Crippen LogP contribution in [0.15, 0.2) is 42.5 Å². The van der Waals surface area contributed by atoms with Crippen LogP contribution < -0.4 is 4.74 Å². The Labute approximate surface area is 105 Å². The van der Waals surface area contributed by atoms with Gasteiger partial charge in [0.25, 0.3) is 0 Å². The molecule has 0 aliphatic carbocycles. The lowest BCUT2D eigenvalue weighted by molar-refractivity contribution is 0.468. The third kappa shape index (κ3) is 2.77. The molecule has 0 radical (unpaired) electrons. The fourth-order valence-electron chi connectivity index (χ4n) is 1.61. The van der Waals surface area contributed by atoms with E-state index < -0.39 is 0 Å². The molecule has 0 N–H and O–H groups in total. The zero-order chi connectivity index (χ0) is 12.3. The largest absolute Gasteiger partial charge is 0.457 e. The molecule has 3 heteroatoms. The van der Waals surface area contributed by atoms with Crippen molar-refractivity contribution in [1.82, 2.24) is 0 Å². The molecule has 0 saturated heterocycles. The number of halogens is 2. The smallest absolute Gasteiger partial charge is 0.133 e. The predicted octanol–water partition coefficient (Wildman–Crippen LogP) is 4.83. The Morgan fingerprint density at radius 2 is 1.82 bits per heavy atom. The maximum atomic E-state index is 13.5. The minimum atomic E-state index is -0.237. The highest BCUT2D eigenvalue weighted by Crippen LogP contribution is 2.28. The maximum absolute atomic E-state index is 13.5. The summed E-state index contributed by atoms with van der Waals surface area (Å²) in [5.74, 6) is 0.962. The van der Waals surface area contributed by atoms with Gasteiger partial charge in [-0.15, -0.1) is 0 Å². The van der Waals surface area contributed by atoms with Crippen LogP contribution in [-0.2, 0) is 6.42 Å². The molecule has 0 atom stereocenters. The van der Waals surface area contributed by atoms with Crippen LogP contribution in [0.1, 0.15) is 12.5 Å². The van der Waals surface area contributed by atoms with E-state index in [9.17, 15) is 4.39 Å². The summed E-state index contributed by atoms with van der Waals surface area (Å²) in [5, 5.41) is 0.646. The van der Waals surface area contributed by atoms with Crippen molar-refractivity contribution in [1.29, 1.82) is 0 Å². The maximum Gasteiger partial charge on any atom is 0.133 e.